The number of benzene rings is 1. The number of carbonyl (C=O) groups excluding carboxylic acids is 1. The van der Waals surface area contributed by atoms with Crippen molar-refractivity contribution in [2.45, 2.75) is 19.3 Å². The maximum Gasteiger partial charge on any atom is 0.229 e. The van der Waals surface area contributed by atoms with Gasteiger partial charge < -0.3 is 5.32 Å². The van der Waals surface area contributed by atoms with E-state index in [0.29, 0.717) is 0 Å². The molecule has 0 fully saturated rings. The first kappa shape index (κ1) is 14.0. The van der Waals surface area contributed by atoms with Crippen molar-refractivity contribution < 1.29 is 13.6 Å². The molecule has 1 amide bonds. The van der Waals surface area contributed by atoms with E-state index in [1.54, 1.807) is 13.8 Å². The molecule has 17 heavy (non-hydrogen) atoms. The van der Waals surface area contributed by atoms with Crippen molar-refractivity contribution in [1.82, 2.24) is 5.32 Å². The molecule has 0 aliphatic carbocycles. The molecule has 0 spiro atoms. The molecule has 0 radical (unpaired) electrons. The minimum Gasteiger partial charge on any atom is -0.355 e. The van der Waals surface area contributed by atoms with Crippen LogP contribution in [0.5, 0.6) is 0 Å². The maximum atomic E-state index is 13.6. The lowest BCUT2D eigenvalue weighted by Gasteiger charge is -2.26. The Bertz CT molecular complexity index is 421. The van der Waals surface area contributed by atoms with Gasteiger partial charge in [0.15, 0.2) is 0 Å². The average Bonchev–Trinajstić information content (AvgIpc) is 2.29. The third-order valence-electron chi connectivity index (χ3n) is 2.53. The Morgan fingerprint density at radius 3 is 2.65 bits per heavy atom. The number of hydrogen-bond donors (Lipinski definition) is 2. The molecule has 1 aromatic carbocycles. The summed E-state index contributed by atoms with van der Waals surface area (Å²) in [4.78, 5) is 11.1. The van der Waals surface area contributed by atoms with E-state index in [1.807, 2.05) is 0 Å². The number of carbonyl (C=O) groups is 1. The van der Waals surface area contributed by atoms with Crippen LogP contribution in [0.25, 0.3) is 0 Å². The van der Waals surface area contributed by atoms with Crippen LogP contribution in [0, 0.1) is 11.6 Å². The summed E-state index contributed by atoms with van der Waals surface area (Å²) in [5, 5.41) is 2.61. The predicted octanol–water partition coefficient (Wildman–Crippen LogP) is 2.29. The number of halogens is 2. The van der Waals surface area contributed by atoms with E-state index < -0.39 is 17.0 Å². The van der Waals surface area contributed by atoms with Crippen LogP contribution in [0.15, 0.2) is 18.2 Å². The molecular weight excluding hydrogens is 244 g/mol. The molecule has 0 unspecified atom stereocenters. The zero-order chi connectivity index (χ0) is 13.1. The number of hydrogen-bond acceptors (Lipinski definition) is 2. The first-order valence-electron chi connectivity index (χ1n) is 5.20. The molecule has 0 atom stereocenters. The zero-order valence-electron chi connectivity index (χ0n) is 9.76. The lowest BCUT2D eigenvalue weighted by molar-refractivity contribution is -0.118. The van der Waals surface area contributed by atoms with Gasteiger partial charge in [-0.1, -0.05) is 13.8 Å². The van der Waals surface area contributed by atoms with Crippen molar-refractivity contribution in [3.05, 3.63) is 35.4 Å². The molecule has 1 N–H and O–H groups in total. The quantitative estimate of drug-likeness (QED) is 0.798. The molecule has 5 heteroatoms. The summed E-state index contributed by atoms with van der Waals surface area (Å²) in [6.45, 7) is 3.71. The predicted molar refractivity (Wildman–Crippen MR) is 66.2 cm³/mol. The molecule has 0 aliphatic heterocycles. The minimum atomic E-state index is -0.676. The smallest absolute Gasteiger partial charge is 0.229 e. The van der Waals surface area contributed by atoms with Crippen LogP contribution in [0.2, 0.25) is 0 Å². The van der Waals surface area contributed by atoms with Gasteiger partial charge in [0.05, 0.1) is 5.75 Å². The molecule has 2 nitrogen and oxygen atoms in total. The van der Waals surface area contributed by atoms with Gasteiger partial charge >= 0.3 is 0 Å². The molecule has 94 valence electrons. The van der Waals surface area contributed by atoms with E-state index in [4.69, 9.17) is 0 Å². The van der Waals surface area contributed by atoms with E-state index in [9.17, 15) is 13.6 Å². The van der Waals surface area contributed by atoms with Crippen LogP contribution >= 0.6 is 12.6 Å². The summed E-state index contributed by atoms with van der Waals surface area (Å²) in [5.41, 5.74) is -0.429. The minimum absolute atomic E-state index is 0.0711. The van der Waals surface area contributed by atoms with E-state index in [2.05, 4.69) is 17.9 Å². The van der Waals surface area contributed by atoms with E-state index in [1.165, 1.54) is 0 Å². The maximum absolute atomic E-state index is 13.6. The SMILES string of the molecule is CC(C)(CNC(=O)CS)c1cc(F)ccc1F. The monoisotopic (exact) mass is 259 g/mol. The summed E-state index contributed by atoms with van der Waals surface area (Å²) in [6, 6.07) is 3.32. The molecule has 1 rings (SSSR count). The Kier molecular flexibility index (Phi) is 4.51. The van der Waals surface area contributed by atoms with E-state index >= 15 is 0 Å². The van der Waals surface area contributed by atoms with Crippen LogP contribution in [0.3, 0.4) is 0 Å². The second-order valence-corrected chi connectivity index (χ2v) is 4.76. The van der Waals surface area contributed by atoms with Crippen LogP contribution in [-0.2, 0) is 10.2 Å². The normalized spacial score (nSPS) is 11.4. The summed E-state index contributed by atoms with van der Waals surface area (Å²) < 4.78 is 26.7. The van der Waals surface area contributed by atoms with E-state index in [0.717, 1.165) is 18.2 Å². The van der Waals surface area contributed by atoms with Gasteiger partial charge in [-0.25, -0.2) is 8.78 Å². The van der Waals surface area contributed by atoms with Gasteiger partial charge in [0.2, 0.25) is 5.91 Å². The molecule has 0 saturated carbocycles. The lowest BCUT2D eigenvalue weighted by Crippen LogP contribution is -2.37. The molecule has 0 saturated heterocycles. The summed E-state index contributed by atoms with van der Waals surface area (Å²) in [5.74, 6) is -1.13. The third kappa shape index (κ3) is 3.70. The largest absolute Gasteiger partial charge is 0.355 e. The first-order valence-corrected chi connectivity index (χ1v) is 5.83. The number of rotatable bonds is 4. The summed E-state index contributed by atoms with van der Waals surface area (Å²) in [6.07, 6.45) is 0. The van der Waals surface area contributed by atoms with Crippen molar-refractivity contribution in [2.24, 2.45) is 0 Å². The Morgan fingerprint density at radius 2 is 2.06 bits per heavy atom. The van der Waals surface area contributed by atoms with Crippen molar-refractivity contribution in [2.75, 3.05) is 12.3 Å². The Labute approximate surface area is 105 Å². The Hall–Kier alpha value is -1.10. The van der Waals surface area contributed by atoms with Crippen molar-refractivity contribution in [3.63, 3.8) is 0 Å². The van der Waals surface area contributed by atoms with Gasteiger partial charge in [0.25, 0.3) is 0 Å². The average molecular weight is 259 g/mol. The molecule has 0 aliphatic rings. The highest BCUT2D eigenvalue weighted by Crippen LogP contribution is 2.25. The lowest BCUT2D eigenvalue weighted by atomic mass is 9.84. The number of nitrogens with one attached hydrogen (secondary N) is 1. The van der Waals surface area contributed by atoms with Gasteiger partial charge in [-0.3, -0.25) is 4.79 Å². The highest BCUT2D eigenvalue weighted by atomic mass is 32.1. The highest BCUT2D eigenvalue weighted by Gasteiger charge is 2.25. The second-order valence-electron chi connectivity index (χ2n) is 4.44. The third-order valence-corrected chi connectivity index (χ3v) is 2.82. The molecule has 1 aromatic rings. The van der Waals surface area contributed by atoms with Crippen molar-refractivity contribution in [1.29, 1.82) is 0 Å². The zero-order valence-corrected chi connectivity index (χ0v) is 10.7. The van der Waals surface area contributed by atoms with Crippen LogP contribution < -0.4 is 5.32 Å². The van der Waals surface area contributed by atoms with Gasteiger partial charge in [0, 0.05) is 12.0 Å². The first-order chi connectivity index (χ1) is 7.86. The summed E-state index contributed by atoms with van der Waals surface area (Å²) in [7, 11) is 0. The standard InChI is InChI=1S/C12H15F2NOS/c1-12(2,7-15-11(16)6-17)9-5-8(13)3-4-10(9)14/h3-5,17H,6-7H2,1-2H3,(H,15,16). The fourth-order valence-electron chi connectivity index (χ4n) is 1.49. The molecular formula is C12H15F2NOS. The summed E-state index contributed by atoms with van der Waals surface area (Å²) >= 11 is 3.82. The number of amides is 1. The second kappa shape index (κ2) is 5.49. The van der Waals surface area contributed by atoms with Crippen molar-refractivity contribution in [3.8, 4) is 0 Å². The van der Waals surface area contributed by atoms with E-state index in [-0.39, 0.29) is 23.8 Å². The van der Waals surface area contributed by atoms with Gasteiger partial charge in [-0.15, -0.1) is 0 Å². The Balaban J connectivity index is 2.88. The van der Waals surface area contributed by atoms with Crippen LogP contribution in [0.4, 0.5) is 8.78 Å². The van der Waals surface area contributed by atoms with Gasteiger partial charge in [0.1, 0.15) is 11.6 Å². The van der Waals surface area contributed by atoms with Gasteiger partial charge in [-0.2, -0.15) is 12.6 Å². The van der Waals surface area contributed by atoms with Crippen LogP contribution in [-0.4, -0.2) is 18.2 Å². The topological polar surface area (TPSA) is 29.1 Å². The van der Waals surface area contributed by atoms with Crippen LogP contribution in [0.1, 0.15) is 19.4 Å². The number of thiol groups is 1. The fraction of sp³-hybridized carbons (Fsp3) is 0.417. The highest BCUT2D eigenvalue weighted by molar-refractivity contribution is 7.81. The fourth-order valence-corrected chi connectivity index (χ4v) is 1.60. The molecule has 0 aromatic heterocycles. The molecule has 0 bridgehead atoms. The van der Waals surface area contributed by atoms with Gasteiger partial charge in [-0.05, 0) is 23.8 Å². The van der Waals surface area contributed by atoms with Crippen molar-refractivity contribution >= 4 is 18.5 Å². The Morgan fingerprint density at radius 1 is 1.41 bits per heavy atom. The molecule has 0 heterocycles.